The summed E-state index contributed by atoms with van der Waals surface area (Å²) in [5.41, 5.74) is -0.350. The van der Waals surface area contributed by atoms with Crippen LogP contribution < -0.4 is 0 Å². The highest BCUT2D eigenvalue weighted by molar-refractivity contribution is 5.81. The Labute approximate surface area is 84.8 Å². The van der Waals surface area contributed by atoms with Crippen LogP contribution in [0.15, 0.2) is 0 Å². The van der Waals surface area contributed by atoms with Gasteiger partial charge in [0.15, 0.2) is 0 Å². The van der Waals surface area contributed by atoms with Gasteiger partial charge in [-0.2, -0.15) is 0 Å². The van der Waals surface area contributed by atoms with Gasteiger partial charge in [-0.05, 0) is 0 Å². The zero-order chi connectivity index (χ0) is 10.8. The average Bonchev–Trinajstić information content (AvgIpc) is 2.15. The van der Waals surface area contributed by atoms with Gasteiger partial charge in [-0.3, -0.25) is 4.79 Å². The molecule has 0 saturated carbocycles. The fourth-order valence-corrected chi connectivity index (χ4v) is 1.49. The van der Waals surface area contributed by atoms with Gasteiger partial charge in [-0.15, -0.1) is 0 Å². The number of hydrogen-bond donors (Lipinski definition) is 1. The molecule has 1 amide bonds. The van der Waals surface area contributed by atoms with Crippen LogP contribution >= 0.6 is 0 Å². The van der Waals surface area contributed by atoms with E-state index in [-0.39, 0.29) is 24.0 Å². The van der Waals surface area contributed by atoms with Crippen molar-refractivity contribution in [2.24, 2.45) is 5.41 Å². The molecule has 1 atom stereocenters. The largest absolute Gasteiger partial charge is 0.394 e. The Hall–Kier alpha value is -0.610. The molecule has 4 nitrogen and oxygen atoms in total. The number of carbonyl (C=O) groups is 1. The first-order chi connectivity index (χ1) is 6.45. The van der Waals surface area contributed by atoms with Gasteiger partial charge in [0.05, 0.1) is 19.3 Å². The zero-order valence-electron chi connectivity index (χ0n) is 9.12. The summed E-state index contributed by atoms with van der Waals surface area (Å²) in [7, 11) is 0. The Balaban J connectivity index is 2.56. The van der Waals surface area contributed by atoms with Gasteiger partial charge in [-0.25, -0.2) is 0 Å². The van der Waals surface area contributed by atoms with Crippen LogP contribution in [0.1, 0.15) is 20.8 Å². The molecule has 1 saturated heterocycles. The second-order valence-corrected chi connectivity index (χ2v) is 4.68. The van der Waals surface area contributed by atoms with Gasteiger partial charge in [0.25, 0.3) is 0 Å². The molecule has 0 radical (unpaired) electrons. The number of carbonyl (C=O) groups excluding carboxylic acids is 1. The van der Waals surface area contributed by atoms with Crippen molar-refractivity contribution in [2.75, 3.05) is 26.3 Å². The normalized spacial score (nSPS) is 23.7. The summed E-state index contributed by atoms with van der Waals surface area (Å²) in [6.45, 7) is 7.34. The van der Waals surface area contributed by atoms with E-state index in [4.69, 9.17) is 9.84 Å². The third kappa shape index (κ3) is 2.69. The topological polar surface area (TPSA) is 49.8 Å². The average molecular weight is 201 g/mol. The number of amides is 1. The molecule has 0 spiro atoms. The molecule has 82 valence electrons. The number of hydrogen-bond acceptors (Lipinski definition) is 3. The Morgan fingerprint density at radius 2 is 2.21 bits per heavy atom. The van der Waals surface area contributed by atoms with Crippen molar-refractivity contribution in [1.29, 1.82) is 0 Å². The second-order valence-electron chi connectivity index (χ2n) is 4.68. The molecule has 0 aromatic heterocycles. The lowest BCUT2D eigenvalue weighted by Gasteiger charge is -2.35. The minimum atomic E-state index is -0.350. The van der Waals surface area contributed by atoms with Crippen LogP contribution in [0.25, 0.3) is 0 Å². The smallest absolute Gasteiger partial charge is 0.228 e. The van der Waals surface area contributed by atoms with Crippen LogP contribution in [0.5, 0.6) is 0 Å². The highest BCUT2D eigenvalue weighted by Gasteiger charge is 2.30. The number of rotatable bonds is 1. The van der Waals surface area contributed by atoms with Gasteiger partial charge in [0.2, 0.25) is 5.91 Å². The fraction of sp³-hybridized carbons (Fsp3) is 0.900. The summed E-state index contributed by atoms with van der Waals surface area (Å²) in [5.74, 6) is 0.124. The molecule has 0 aliphatic carbocycles. The van der Waals surface area contributed by atoms with Crippen LogP contribution in [-0.4, -0.2) is 48.3 Å². The molecule has 1 aliphatic rings. The number of aliphatic hydroxyl groups is 1. The molecule has 1 fully saturated rings. The van der Waals surface area contributed by atoms with E-state index < -0.39 is 0 Å². The van der Waals surface area contributed by atoms with E-state index in [1.165, 1.54) is 0 Å². The quantitative estimate of drug-likeness (QED) is 0.661. The summed E-state index contributed by atoms with van der Waals surface area (Å²) in [6.07, 6.45) is -0.213. The van der Waals surface area contributed by atoms with Gasteiger partial charge in [0, 0.05) is 18.5 Å². The molecule has 4 heteroatoms. The van der Waals surface area contributed by atoms with Crippen molar-refractivity contribution in [1.82, 2.24) is 4.90 Å². The summed E-state index contributed by atoms with van der Waals surface area (Å²) in [6, 6.07) is 0. The first-order valence-electron chi connectivity index (χ1n) is 4.97. The molecule has 1 heterocycles. The van der Waals surface area contributed by atoms with Gasteiger partial charge in [0.1, 0.15) is 0 Å². The van der Waals surface area contributed by atoms with Crippen molar-refractivity contribution in [2.45, 2.75) is 26.9 Å². The highest BCUT2D eigenvalue weighted by Crippen LogP contribution is 2.19. The summed E-state index contributed by atoms with van der Waals surface area (Å²) < 4.78 is 5.28. The van der Waals surface area contributed by atoms with Crippen molar-refractivity contribution in [3.63, 3.8) is 0 Å². The monoisotopic (exact) mass is 201 g/mol. The van der Waals surface area contributed by atoms with E-state index in [0.29, 0.717) is 19.7 Å². The van der Waals surface area contributed by atoms with Gasteiger partial charge < -0.3 is 14.7 Å². The Morgan fingerprint density at radius 1 is 1.57 bits per heavy atom. The minimum Gasteiger partial charge on any atom is -0.394 e. The zero-order valence-corrected chi connectivity index (χ0v) is 9.12. The van der Waals surface area contributed by atoms with Crippen LogP contribution in [0.4, 0.5) is 0 Å². The highest BCUT2D eigenvalue weighted by atomic mass is 16.5. The predicted octanol–water partition coefficient (Wildman–Crippen LogP) is 0.252. The molecule has 1 rings (SSSR count). The minimum absolute atomic E-state index is 0.0199. The molecule has 0 aromatic carbocycles. The van der Waals surface area contributed by atoms with Crippen LogP contribution in [0, 0.1) is 5.41 Å². The van der Waals surface area contributed by atoms with Crippen molar-refractivity contribution < 1.29 is 14.6 Å². The molecule has 1 aliphatic heterocycles. The first-order valence-corrected chi connectivity index (χ1v) is 4.97. The van der Waals surface area contributed by atoms with E-state index in [1.807, 2.05) is 20.8 Å². The van der Waals surface area contributed by atoms with Crippen LogP contribution in [0.2, 0.25) is 0 Å². The maximum atomic E-state index is 11.9. The lowest BCUT2D eigenvalue weighted by molar-refractivity contribution is -0.148. The van der Waals surface area contributed by atoms with Gasteiger partial charge >= 0.3 is 0 Å². The maximum absolute atomic E-state index is 11.9. The molecule has 1 N–H and O–H groups in total. The van der Waals surface area contributed by atoms with Crippen LogP contribution in [0.3, 0.4) is 0 Å². The SMILES string of the molecule is CC(C)(C)C(=O)N1CCOC(CO)C1. The van der Waals surface area contributed by atoms with E-state index in [0.717, 1.165) is 0 Å². The molecule has 1 unspecified atom stereocenters. The van der Waals surface area contributed by atoms with E-state index in [9.17, 15) is 4.79 Å². The van der Waals surface area contributed by atoms with Gasteiger partial charge in [-0.1, -0.05) is 20.8 Å². The molecular weight excluding hydrogens is 182 g/mol. The lowest BCUT2D eigenvalue weighted by Crippen LogP contribution is -2.50. The van der Waals surface area contributed by atoms with Crippen LogP contribution in [-0.2, 0) is 9.53 Å². The number of ether oxygens (including phenoxy) is 1. The lowest BCUT2D eigenvalue weighted by atomic mass is 9.94. The summed E-state index contributed by atoms with van der Waals surface area (Å²) >= 11 is 0. The number of morpholine rings is 1. The number of aliphatic hydroxyl groups excluding tert-OH is 1. The second kappa shape index (κ2) is 4.28. The molecule has 0 aromatic rings. The van der Waals surface area contributed by atoms with E-state index in [2.05, 4.69) is 0 Å². The Bertz CT molecular complexity index is 210. The standard InChI is InChI=1S/C10H19NO3/c1-10(2,3)9(13)11-4-5-14-8(6-11)7-12/h8,12H,4-7H2,1-3H3. The molecular formula is C10H19NO3. The molecule has 0 bridgehead atoms. The van der Waals surface area contributed by atoms with E-state index in [1.54, 1.807) is 4.90 Å². The summed E-state index contributed by atoms with van der Waals surface area (Å²) in [4.78, 5) is 13.6. The maximum Gasteiger partial charge on any atom is 0.228 e. The van der Waals surface area contributed by atoms with Crippen molar-refractivity contribution >= 4 is 5.91 Å². The Morgan fingerprint density at radius 3 is 2.71 bits per heavy atom. The Kier molecular flexibility index (Phi) is 3.50. The first kappa shape index (κ1) is 11.5. The summed E-state index contributed by atoms with van der Waals surface area (Å²) in [5, 5.41) is 8.93. The van der Waals surface area contributed by atoms with E-state index >= 15 is 0 Å². The van der Waals surface area contributed by atoms with Crippen molar-refractivity contribution in [3.05, 3.63) is 0 Å². The third-order valence-electron chi connectivity index (χ3n) is 2.27. The third-order valence-corrected chi connectivity index (χ3v) is 2.27. The molecule has 14 heavy (non-hydrogen) atoms. The number of nitrogens with zero attached hydrogens (tertiary/aromatic N) is 1. The van der Waals surface area contributed by atoms with Crippen molar-refractivity contribution in [3.8, 4) is 0 Å². The predicted molar refractivity (Wildman–Crippen MR) is 52.9 cm³/mol. The fourth-order valence-electron chi connectivity index (χ4n) is 1.49.